The summed E-state index contributed by atoms with van der Waals surface area (Å²) in [4.78, 5) is 13.1. The van der Waals surface area contributed by atoms with Gasteiger partial charge in [-0.05, 0) is 43.0 Å². The van der Waals surface area contributed by atoms with Crippen molar-refractivity contribution in [3.05, 3.63) is 21.3 Å². The molecule has 0 aliphatic heterocycles. The van der Waals surface area contributed by atoms with Crippen LogP contribution in [-0.2, 0) is 0 Å². The Kier molecular flexibility index (Phi) is 5.25. The zero-order valence-corrected chi connectivity index (χ0v) is 12.5. The minimum absolute atomic E-state index is 0.221. The molecule has 3 heteroatoms. The molecule has 1 aliphatic carbocycles. The Labute approximate surface area is 119 Å². The van der Waals surface area contributed by atoms with Crippen molar-refractivity contribution in [3.63, 3.8) is 0 Å². The molecule has 0 aromatic carbocycles. The molecule has 0 N–H and O–H groups in total. The Morgan fingerprint density at radius 1 is 1.39 bits per heavy atom. The molecule has 1 aromatic rings. The largest absolute Gasteiger partial charge is 0.293 e. The first-order valence-electron chi connectivity index (χ1n) is 6.99. The normalized spacial score (nSPS) is 24.1. The van der Waals surface area contributed by atoms with E-state index in [1.807, 2.05) is 11.4 Å². The fourth-order valence-corrected chi connectivity index (χ4v) is 4.03. The molecule has 0 spiro atoms. The molecule has 0 unspecified atom stereocenters. The lowest BCUT2D eigenvalue weighted by molar-refractivity contribution is 0.0874. The molecule has 0 bridgehead atoms. The number of rotatable bonds is 5. The maximum Gasteiger partial charge on any atom is 0.177 e. The van der Waals surface area contributed by atoms with E-state index < -0.39 is 0 Å². The first-order chi connectivity index (χ1) is 8.72. The van der Waals surface area contributed by atoms with E-state index >= 15 is 0 Å². The van der Waals surface area contributed by atoms with Gasteiger partial charge in [0.25, 0.3) is 0 Å². The van der Waals surface area contributed by atoms with E-state index in [2.05, 4.69) is 6.92 Å². The van der Waals surface area contributed by atoms with Crippen LogP contribution in [0.15, 0.2) is 11.4 Å². The van der Waals surface area contributed by atoms with Crippen molar-refractivity contribution in [1.82, 2.24) is 0 Å². The predicted molar refractivity (Wildman–Crippen MR) is 78.6 cm³/mol. The molecule has 1 aromatic heterocycles. The van der Waals surface area contributed by atoms with Gasteiger partial charge in [0.05, 0.1) is 9.90 Å². The monoisotopic (exact) mass is 284 g/mol. The maximum atomic E-state index is 12.3. The van der Waals surface area contributed by atoms with E-state index in [-0.39, 0.29) is 11.7 Å². The summed E-state index contributed by atoms with van der Waals surface area (Å²) >= 11 is 7.53. The van der Waals surface area contributed by atoms with Crippen LogP contribution in [0.2, 0.25) is 5.02 Å². The number of hydrogen-bond acceptors (Lipinski definition) is 2. The van der Waals surface area contributed by atoms with Crippen LogP contribution in [0.5, 0.6) is 0 Å². The number of halogens is 1. The Hall–Kier alpha value is -0.340. The van der Waals surface area contributed by atoms with Crippen LogP contribution < -0.4 is 0 Å². The second-order valence-corrected chi connectivity index (χ2v) is 6.65. The van der Waals surface area contributed by atoms with Crippen molar-refractivity contribution in [2.24, 2.45) is 11.8 Å². The average Bonchev–Trinajstić information content (AvgIpc) is 2.82. The second-order valence-electron chi connectivity index (χ2n) is 5.32. The van der Waals surface area contributed by atoms with Gasteiger partial charge in [0, 0.05) is 5.92 Å². The highest BCUT2D eigenvalue weighted by Gasteiger charge is 2.28. The van der Waals surface area contributed by atoms with Crippen molar-refractivity contribution in [2.75, 3.05) is 0 Å². The molecule has 0 saturated heterocycles. The van der Waals surface area contributed by atoms with Crippen LogP contribution in [-0.4, -0.2) is 5.78 Å². The molecule has 1 nitrogen and oxygen atoms in total. The summed E-state index contributed by atoms with van der Waals surface area (Å²) in [6.45, 7) is 2.24. The standard InChI is InChI=1S/C15H21ClOS/c1-2-3-4-11-5-7-12(8-6-11)14(17)15-13(16)9-10-18-15/h9-12H,2-8H2,1H3. The van der Waals surface area contributed by atoms with Gasteiger partial charge in [-0.15, -0.1) is 11.3 Å². The van der Waals surface area contributed by atoms with Gasteiger partial charge in [-0.25, -0.2) is 0 Å². The number of Topliss-reactive ketones (excluding diaryl/α,β-unsaturated/α-hetero) is 1. The van der Waals surface area contributed by atoms with Gasteiger partial charge < -0.3 is 0 Å². The number of carbonyl (C=O) groups is 1. The lowest BCUT2D eigenvalue weighted by atomic mass is 9.78. The minimum atomic E-state index is 0.221. The number of ketones is 1. The Bertz CT molecular complexity index is 391. The van der Waals surface area contributed by atoms with Crippen LogP contribution in [0.1, 0.15) is 61.5 Å². The first kappa shape index (κ1) is 14.1. The highest BCUT2D eigenvalue weighted by atomic mass is 35.5. The van der Waals surface area contributed by atoms with Crippen LogP contribution >= 0.6 is 22.9 Å². The third kappa shape index (κ3) is 3.36. The van der Waals surface area contributed by atoms with Crippen LogP contribution in [0, 0.1) is 11.8 Å². The number of unbranched alkanes of at least 4 members (excludes halogenated alkanes) is 1. The third-order valence-electron chi connectivity index (χ3n) is 4.02. The molecule has 100 valence electrons. The van der Waals surface area contributed by atoms with Gasteiger partial charge in [-0.1, -0.05) is 37.8 Å². The molecule has 0 atom stereocenters. The smallest absolute Gasteiger partial charge is 0.177 e. The Morgan fingerprint density at radius 2 is 2.11 bits per heavy atom. The highest BCUT2D eigenvalue weighted by molar-refractivity contribution is 7.12. The molecule has 0 amide bonds. The van der Waals surface area contributed by atoms with Crippen LogP contribution in [0.25, 0.3) is 0 Å². The summed E-state index contributed by atoms with van der Waals surface area (Å²) < 4.78 is 0. The van der Waals surface area contributed by atoms with E-state index in [4.69, 9.17) is 11.6 Å². The highest BCUT2D eigenvalue weighted by Crippen LogP contribution is 2.35. The Balaban J connectivity index is 1.86. The van der Waals surface area contributed by atoms with Crippen molar-refractivity contribution >= 4 is 28.7 Å². The first-order valence-corrected chi connectivity index (χ1v) is 8.25. The maximum absolute atomic E-state index is 12.3. The van der Waals surface area contributed by atoms with Gasteiger partial charge in [-0.2, -0.15) is 0 Å². The SMILES string of the molecule is CCCCC1CCC(C(=O)c2sccc2Cl)CC1. The molecule has 18 heavy (non-hydrogen) atoms. The summed E-state index contributed by atoms with van der Waals surface area (Å²) in [7, 11) is 0. The van der Waals surface area contributed by atoms with Gasteiger partial charge in [0.1, 0.15) is 0 Å². The summed E-state index contributed by atoms with van der Waals surface area (Å²) in [5, 5.41) is 2.54. The summed E-state index contributed by atoms with van der Waals surface area (Å²) in [6, 6.07) is 1.83. The van der Waals surface area contributed by atoms with Crippen LogP contribution in [0.4, 0.5) is 0 Å². The molecule has 1 saturated carbocycles. The lowest BCUT2D eigenvalue weighted by Crippen LogP contribution is -2.21. The number of thiophene rings is 1. The van der Waals surface area contributed by atoms with E-state index in [0.29, 0.717) is 5.02 Å². The number of carbonyl (C=O) groups excluding carboxylic acids is 1. The van der Waals surface area contributed by atoms with Crippen molar-refractivity contribution < 1.29 is 4.79 Å². The van der Waals surface area contributed by atoms with Gasteiger partial charge >= 0.3 is 0 Å². The second kappa shape index (κ2) is 6.72. The van der Waals surface area contributed by atoms with Gasteiger partial charge in [-0.3, -0.25) is 4.79 Å². The summed E-state index contributed by atoms with van der Waals surface area (Å²) in [5.74, 6) is 1.36. The summed E-state index contributed by atoms with van der Waals surface area (Å²) in [5.41, 5.74) is 0. The van der Waals surface area contributed by atoms with Gasteiger partial charge in [0.15, 0.2) is 5.78 Å². The lowest BCUT2D eigenvalue weighted by Gasteiger charge is -2.27. The van der Waals surface area contributed by atoms with Crippen LogP contribution in [0.3, 0.4) is 0 Å². The van der Waals surface area contributed by atoms with E-state index in [0.717, 1.165) is 23.6 Å². The average molecular weight is 285 g/mol. The van der Waals surface area contributed by atoms with E-state index in [1.165, 1.54) is 43.4 Å². The quantitative estimate of drug-likeness (QED) is 0.645. The fraction of sp³-hybridized carbons (Fsp3) is 0.667. The number of hydrogen-bond donors (Lipinski definition) is 0. The molecule has 1 fully saturated rings. The fourth-order valence-electron chi connectivity index (χ4n) is 2.86. The van der Waals surface area contributed by atoms with E-state index in [9.17, 15) is 4.79 Å². The van der Waals surface area contributed by atoms with Crippen molar-refractivity contribution in [2.45, 2.75) is 51.9 Å². The van der Waals surface area contributed by atoms with E-state index in [1.54, 1.807) is 0 Å². The molecule has 1 aliphatic rings. The zero-order chi connectivity index (χ0) is 13.0. The predicted octanol–water partition coefficient (Wildman–Crippen LogP) is 5.58. The molecule has 2 rings (SSSR count). The molecular formula is C15H21ClOS. The summed E-state index contributed by atoms with van der Waals surface area (Å²) in [6.07, 6.45) is 8.52. The molecule has 1 heterocycles. The molecule has 0 radical (unpaired) electrons. The molecular weight excluding hydrogens is 264 g/mol. The van der Waals surface area contributed by atoms with Crippen molar-refractivity contribution in [1.29, 1.82) is 0 Å². The minimum Gasteiger partial charge on any atom is -0.293 e. The topological polar surface area (TPSA) is 17.1 Å². The third-order valence-corrected chi connectivity index (χ3v) is 5.38. The van der Waals surface area contributed by atoms with Crippen molar-refractivity contribution in [3.8, 4) is 0 Å². The zero-order valence-electron chi connectivity index (χ0n) is 11.0. The Morgan fingerprint density at radius 3 is 2.67 bits per heavy atom. The van der Waals surface area contributed by atoms with Gasteiger partial charge in [0.2, 0.25) is 0 Å².